The number of aromatic nitrogens is 2. The average Bonchev–Trinajstić information content (AvgIpc) is 3.26. The van der Waals surface area contributed by atoms with E-state index in [4.69, 9.17) is 4.74 Å². The summed E-state index contributed by atoms with van der Waals surface area (Å²) in [4.78, 5) is 12.9. The van der Waals surface area contributed by atoms with Gasteiger partial charge in [-0.25, -0.2) is 22.7 Å². The summed E-state index contributed by atoms with van der Waals surface area (Å²) in [5, 5.41) is 11.3. The molecule has 1 aliphatic carbocycles. The fourth-order valence-electron chi connectivity index (χ4n) is 4.14. The van der Waals surface area contributed by atoms with Gasteiger partial charge in [0.15, 0.2) is 5.60 Å². The molecule has 2 atom stereocenters. The van der Waals surface area contributed by atoms with E-state index < -0.39 is 29.8 Å². The molecule has 8 heteroatoms. The SMILES string of the molecule is CC[n+]1ccn(CCCOC(=O)[C@](O)(c2ccccc2)[C@H]2CCC(F)(F)C2)c1C.[Br-]. The molecular formula is C22H29BrF2N2O3. The Morgan fingerprint density at radius 2 is 2.07 bits per heavy atom. The van der Waals surface area contributed by atoms with Gasteiger partial charge in [0.25, 0.3) is 5.82 Å². The number of aliphatic hydroxyl groups is 1. The first-order valence-corrected chi connectivity index (χ1v) is 10.2. The minimum atomic E-state index is -2.87. The molecule has 0 unspecified atom stereocenters. The summed E-state index contributed by atoms with van der Waals surface area (Å²) < 4.78 is 37.2. The Hall–Kier alpha value is -1.80. The van der Waals surface area contributed by atoms with Crippen molar-refractivity contribution in [2.45, 2.75) is 64.1 Å². The highest BCUT2D eigenvalue weighted by Crippen LogP contribution is 2.47. The number of aryl methyl sites for hydroxylation is 2. The van der Waals surface area contributed by atoms with Crippen molar-refractivity contribution in [2.24, 2.45) is 5.92 Å². The van der Waals surface area contributed by atoms with Crippen molar-refractivity contribution in [3.8, 4) is 0 Å². The summed E-state index contributed by atoms with van der Waals surface area (Å²) in [5.41, 5.74) is -1.76. The number of ether oxygens (including phenoxy) is 1. The normalized spacial score (nSPS) is 19.7. The van der Waals surface area contributed by atoms with Crippen LogP contribution in [0.3, 0.4) is 0 Å². The van der Waals surface area contributed by atoms with Gasteiger partial charge in [0.05, 0.1) is 19.7 Å². The molecule has 0 radical (unpaired) electrons. The quantitative estimate of drug-likeness (QED) is 0.333. The Bertz CT molecular complexity index is 844. The van der Waals surface area contributed by atoms with Crippen LogP contribution in [0.15, 0.2) is 42.7 Å². The molecule has 1 heterocycles. The number of imidazole rings is 1. The minimum absolute atomic E-state index is 0. The van der Waals surface area contributed by atoms with Crippen LogP contribution in [0.5, 0.6) is 0 Å². The number of benzene rings is 1. The van der Waals surface area contributed by atoms with Crippen molar-refractivity contribution in [1.82, 2.24) is 4.57 Å². The highest BCUT2D eigenvalue weighted by molar-refractivity contribution is 5.81. The van der Waals surface area contributed by atoms with Crippen molar-refractivity contribution in [3.63, 3.8) is 0 Å². The van der Waals surface area contributed by atoms with Crippen molar-refractivity contribution >= 4 is 5.97 Å². The second kappa shape index (κ2) is 10.0. The van der Waals surface area contributed by atoms with E-state index in [2.05, 4.69) is 16.1 Å². The number of halogens is 3. The van der Waals surface area contributed by atoms with Gasteiger partial charge in [-0.15, -0.1) is 0 Å². The Morgan fingerprint density at radius 1 is 1.37 bits per heavy atom. The second-order valence-corrected chi connectivity index (χ2v) is 7.74. The molecule has 0 aliphatic heterocycles. The van der Waals surface area contributed by atoms with Gasteiger partial charge in [0.2, 0.25) is 5.92 Å². The third-order valence-electron chi connectivity index (χ3n) is 5.89. The molecule has 1 saturated carbocycles. The molecule has 1 aromatic carbocycles. The van der Waals surface area contributed by atoms with Gasteiger partial charge in [-0.05, 0) is 18.9 Å². The molecule has 1 N–H and O–H groups in total. The number of carbonyl (C=O) groups is 1. The molecule has 1 aromatic heterocycles. The summed E-state index contributed by atoms with van der Waals surface area (Å²) in [6.45, 7) is 5.74. The van der Waals surface area contributed by atoms with E-state index in [1.807, 2.05) is 19.3 Å². The molecule has 2 aromatic rings. The number of esters is 1. The lowest BCUT2D eigenvalue weighted by Crippen LogP contribution is -3.00. The van der Waals surface area contributed by atoms with Crippen molar-refractivity contribution in [3.05, 3.63) is 54.1 Å². The van der Waals surface area contributed by atoms with Crippen LogP contribution in [-0.4, -0.2) is 28.2 Å². The molecule has 0 saturated heterocycles. The van der Waals surface area contributed by atoms with Gasteiger partial charge in [0.1, 0.15) is 12.4 Å². The fraction of sp³-hybridized carbons (Fsp3) is 0.545. The van der Waals surface area contributed by atoms with E-state index in [-0.39, 0.29) is 36.4 Å². The Labute approximate surface area is 186 Å². The van der Waals surface area contributed by atoms with Gasteiger partial charge in [-0.1, -0.05) is 30.3 Å². The minimum Gasteiger partial charge on any atom is -1.00 e. The number of hydrogen-bond acceptors (Lipinski definition) is 3. The van der Waals surface area contributed by atoms with Crippen LogP contribution in [0.1, 0.15) is 44.0 Å². The van der Waals surface area contributed by atoms with Crippen LogP contribution in [0.25, 0.3) is 0 Å². The number of nitrogens with zero attached hydrogens (tertiary/aromatic N) is 2. The zero-order chi connectivity index (χ0) is 21.1. The summed E-state index contributed by atoms with van der Waals surface area (Å²) in [5.74, 6) is -3.48. The first-order valence-electron chi connectivity index (χ1n) is 10.2. The van der Waals surface area contributed by atoms with Crippen molar-refractivity contribution in [1.29, 1.82) is 0 Å². The molecule has 166 valence electrons. The third kappa shape index (κ3) is 5.09. The van der Waals surface area contributed by atoms with Crippen molar-refractivity contribution in [2.75, 3.05) is 6.61 Å². The van der Waals surface area contributed by atoms with E-state index in [1.165, 1.54) is 0 Å². The summed E-state index contributed by atoms with van der Waals surface area (Å²) in [6.07, 6.45) is 3.76. The van der Waals surface area contributed by atoms with Crippen LogP contribution in [0, 0.1) is 12.8 Å². The van der Waals surface area contributed by atoms with E-state index >= 15 is 0 Å². The van der Waals surface area contributed by atoms with Gasteiger partial charge in [0, 0.05) is 32.1 Å². The van der Waals surface area contributed by atoms with Crippen molar-refractivity contribution < 1.29 is 45.0 Å². The van der Waals surface area contributed by atoms with Crippen LogP contribution in [-0.2, 0) is 28.2 Å². The summed E-state index contributed by atoms with van der Waals surface area (Å²) in [7, 11) is 0. The lowest BCUT2D eigenvalue weighted by atomic mass is 9.80. The lowest BCUT2D eigenvalue weighted by molar-refractivity contribution is -0.699. The number of alkyl halides is 2. The Kier molecular flexibility index (Phi) is 8.16. The topological polar surface area (TPSA) is 55.3 Å². The highest BCUT2D eigenvalue weighted by atomic mass is 79.9. The van der Waals surface area contributed by atoms with Crippen LogP contribution < -0.4 is 21.5 Å². The standard InChI is InChI=1S/C22H29F2N2O3.BrH/c1-3-25-13-14-26(17(25)2)12-7-15-29-20(27)22(28,18-8-5-4-6-9-18)19-10-11-21(23,24)16-19;/h4-6,8-9,13-14,19,28H,3,7,10-12,15-16H2,1-2H3;1H/q+1;/p-1/t19-,22-;/m0./s1. The van der Waals surface area contributed by atoms with Gasteiger partial charge in [-0.3, -0.25) is 0 Å². The van der Waals surface area contributed by atoms with E-state index in [0.717, 1.165) is 12.4 Å². The van der Waals surface area contributed by atoms with Gasteiger partial charge >= 0.3 is 5.97 Å². The first kappa shape index (κ1) is 24.5. The monoisotopic (exact) mass is 486 g/mol. The molecule has 0 amide bonds. The Morgan fingerprint density at radius 3 is 2.63 bits per heavy atom. The predicted molar refractivity (Wildman–Crippen MR) is 103 cm³/mol. The first-order chi connectivity index (χ1) is 13.8. The number of hydrogen-bond donors (Lipinski definition) is 1. The smallest absolute Gasteiger partial charge is 0.343 e. The lowest BCUT2D eigenvalue weighted by Gasteiger charge is -2.32. The molecule has 3 rings (SSSR count). The zero-order valence-electron chi connectivity index (χ0n) is 17.4. The maximum Gasteiger partial charge on any atom is 0.343 e. The third-order valence-corrected chi connectivity index (χ3v) is 5.89. The molecule has 0 spiro atoms. The highest BCUT2D eigenvalue weighted by Gasteiger charge is 2.54. The van der Waals surface area contributed by atoms with E-state index in [1.54, 1.807) is 30.3 Å². The number of carbonyl (C=O) groups excluding carboxylic acids is 1. The summed E-state index contributed by atoms with van der Waals surface area (Å²) in [6, 6.07) is 8.28. The van der Waals surface area contributed by atoms with Gasteiger partial charge < -0.3 is 26.8 Å². The second-order valence-electron chi connectivity index (χ2n) is 7.74. The predicted octanol–water partition coefficient (Wildman–Crippen LogP) is 0.364. The molecule has 1 fully saturated rings. The molecule has 1 aliphatic rings. The molecular weight excluding hydrogens is 458 g/mol. The van der Waals surface area contributed by atoms with Crippen LogP contribution >= 0.6 is 0 Å². The maximum absolute atomic E-state index is 13.8. The Balaban J connectivity index is 0.00000320. The fourth-order valence-corrected chi connectivity index (χ4v) is 4.14. The van der Waals surface area contributed by atoms with Crippen LogP contribution in [0.4, 0.5) is 8.78 Å². The van der Waals surface area contributed by atoms with E-state index in [0.29, 0.717) is 18.5 Å². The average molecular weight is 487 g/mol. The van der Waals surface area contributed by atoms with Crippen LogP contribution in [0.2, 0.25) is 0 Å². The number of rotatable bonds is 8. The zero-order valence-corrected chi connectivity index (χ0v) is 18.9. The maximum atomic E-state index is 13.8. The molecule has 30 heavy (non-hydrogen) atoms. The van der Waals surface area contributed by atoms with Gasteiger partial charge in [-0.2, -0.15) is 0 Å². The van der Waals surface area contributed by atoms with E-state index in [9.17, 15) is 18.7 Å². The molecule has 0 bridgehead atoms. The summed E-state index contributed by atoms with van der Waals surface area (Å²) >= 11 is 0. The molecule has 5 nitrogen and oxygen atoms in total. The largest absolute Gasteiger partial charge is 1.00 e.